The lowest BCUT2D eigenvalue weighted by Gasteiger charge is -2.23. The monoisotopic (exact) mass is 365 g/mol. The highest BCUT2D eigenvalue weighted by Gasteiger charge is 2.15. The number of halogens is 2. The molecule has 96 valence electrons. The van der Waals surface area contributed by atoms with Crippen LogP contribution in [0.3, 0.4) is 0 Å². The van der Waals surface area contributed by atoms with Gasteiger partial charge < -0.3 is 15.2 Å². The predicted octanol–water partition coefficient (Wildman–Crippen LogP) is 3.43. The van der Waals surface area contributed by atoms with E-state index >= 15 is 0 Å². The van der Waals surface area contributed by atoms with E-state index < -0.39 is 0 Å². The van der Waals surface area contributed by atoms with E-state index in [1.54, 1.807) is 7.11 Å². The highest BCUT2D eigenvalue weighted by Crippen LogP contribution is 2.33. The fourth-order valence-electron chi connectivity index (χ4n) is 1.30. The molecular weight excluding hydrogens is 350 g/mol. The van der Waals surface area contributed by atoms with Gasteiger partial charge in [-0.15, -0.1) is 0 Å². The number of rotatable bonds is 5. The van der Waals surface area contributed by atoms with Gasteiger partial charge in [-0.2, -0.15) is 0 Å². The second-order valence-electron chi connectivity index (χ2n) is 4.48. The minimum absolute atomic E-state index is 0.175. The highest BCUT2D eigenvalue weighted by atomic mass is 79.9. The molecular formula is C12H17Br2NO2. The number of phenols is 1. The van der Waals surface area contributed by atoms with E-state index in [1.165, 1.54) is 0 Å². The van der Waals surface area contributed by atoms with Crippen LogP contribution in [0.1, 0.15) is 19.4 Å². The summed E-state index contributed by atoms with van der Waals surface area (Å²) in [6.45, 7) is 5.55. The van der Waals surface area contributed by atoms with Gasteiger partial charge >= 0.3 is 0 Å². The molecule has 17 heavy (non-hydrogen) atoms. The Morgan fingerprint density at radius 1 is 1.29 bits per heavy atom. The molecule has 3 nitrogen and oxygen atoms in total. The van der Waals surface area contributed by atoms with Gasteiger partial charge in [0.15, 0.2) is 0 Å². The molecule has 0 fully saturated rings. The summed E-state index contributed by atoms with van der Waals surface area (Å²) in [5, 5.41) is 12.9. The standard InChI is InChI=1S/C12H17Br2NO2/c1-12(2,17-3)7-15-6-8-4-9(13)11(16)10(14)5-8/h4-5,15-16H,6-7H2,1-3H3. The Kier molecular flexibility index (Phi) is 5.44. The summed E-state index contributed by atoms with van der Waals surface area (Å²) >= 11 is 6.62. The van der Waals surface area contributed by atoms with Crippen LogP contribution in [-0.4, -0.2) is 24.4 Å². The van der Waals surface area contributed by atoms with Gasteiger partial charge in [0.25, 0.3) is 0 Å². The van der Waals surface area contributed by atoms with Crippen LogP contribution in [0.15, 0.2) is 21.1 Å². The quantitative estimate of drug-likeness (QED) is 0.838. The van der Waals surface area contributed by atoms with E-state index in [-0.39, 0.29) is 11.4 Å². The molecule has 1 aromatic carbocycles. The lowest BCUT2D eigenvalue weighted by Crippen LogP contribution is -2.36. The molecule has 0 amide bonds. The van der Waals surface area contributed by atoms with Gasteiger partial charge in [0.05, 0.1) is 14.5 Å². The summed E-state index contributed by atoms with van der Waals surface area (Å²) in [5.74, 6) is 0.228. The molecule has 2 N–H and O–H groups in total. The fourth-order valence-corrected chi connectivity index (χ4v) is 2.58. The van der Waals surface area contributed by atoms with Gasteiger partial charge in [-0.25, -0.2) is 0 Å². The number of nitrogens with one attached hydrogen (secondary N) is 1. The van der Waals surface area contributed by atoms with E-state index in [4.69, 9.17) is 4.74 Å². The van der Waals surface area contributed by atoms with Crippen LogP contribution in [0.25, 0.3) is 0 Å². The van der Waals surface area contributed by atoms with Crippen LogP contribution in [0.5, 0.6) is 5.75 Å². The molecule has 0 aliphatic rings. The number of phenolic OH excluding ortho intramolecular Hbond substituents is 1. The molecule has 0 aliphatic carbocycles. The molecule has 0 saturated heterocycles. The fraction of sp³-hybridized carbons (Fsp3) is 0.500. The van der Waals surface area contributed by atoms with Crippen LogP contribution < -0.4 is 5.32 Å². The Bertz CT molecular complexity index is 371. The largest absolute Gasteiger partial charge is 0.506 e. The second kappa shape index (κ2) is 6.18. The summed E-state index contributed by atoms with van der Waals surface area (Å²) in [6.07, 6.45) is 0. The normalized spacial score (nSPS) is 11.8. The van der Waals surface area contributed by atoms with Gasteiger partial charge in [-0.1, -0.05) is 0 Å². The van der Waals surface area contributed by atoms with E-state index in [1.807, 2.05) is 26.0 Å². The molecule has 1 aromatic rings. The van der Waals surface area contributed by atoms with Crippen molar-refractivity contribution in [1.82, 2.24) is 5.32 Å². The van der Waals surface area contributed by atoms with Gasteiger partial charge in [-0.3, -0.25) is 0 Å². The first-order valence-electron chi connectivity index (χ1n) is 5.28. The Morgan fingerprint density at radius 2 is 1.82 bits per heavy atom. The van der Waals surface area contributed by atoms with Crippen molar-refractivity contribution in [3.63, 3.8) is 0 Å². The van der Waals surface area contributed by atoms with E-state index in [0.717, 1.165) is 18.7 Å². The van der Waals surface area contributed by atoms with Crippen molar-refractivity contribution < 1.29 is 9.84 Å². The van der Waals surface area contributed by atoms with Crippen LogP contribution in [0, 0.1) is 0 Å². The smallest absolute Gasteiger partial charge is 0.143 e. The Morgan fingerprint density at radius 3 is 2.29 bits per heavy atom. The molecule has 0 aliphatic heterocycles. The van der Waals surface area contributed by atoms with Crippen molar-refractivity contribution in [1.29, 1.82) is 0 Å². The third-order valence-corrected chi connectivity index (χ3v) is 3.72. The van der Waals surface area contributed by atoms with Crippen molar-refractivity contribution in [2.45, 2.75) is 26.0 Å². The van der Waals surface area contributed by atoms with Crippen molar-refractivity contribution in [3.8, 4) is 5.75 Å². The Hall–Kier alpha value is -0.100. The molecule has 0 spiro atoms. The molecule has 0 saturated carbocycles. The summed E-state index contributed by atoms with van der Waals surface area (Å²) in [7, 11) is 1.70. The SMILES string of the molecule is COC(C)(C)CNCc1cc(Br)c(O)c(Br)c1. The first-order chi connectivity index (χ1) is 7.85. The average molecular weight is 367 g/mol. The van der Waals surface area contributed by atoms with Crippen molar-refractivity contribution >= 4 is 31.9 Å². The van der Waals surface area contributed by atoms with Gasteiger partial charge in [0, 0.05) is 20.2 Å². The van der Waals surface area contributed by atoms with E-state index in [0.29, 0.717) is 8.95 Å². The molecule has 5 heteroatoms. The van der Waals surface area contributed by atoms with Crippen LogP contribution in [-0.2, 0) is 11.3 Å². The lowest BCUT2D eigenvalue weighted by atomic mass is 10.1. The van der Waals surface area contributed by atoms with E-state index in [9.17, 15) is 5.11 Å². The topological polar surface area (TPSA) is 41.5 Å². The molecule has 0 unspecified atom stereocenters. The van der Waals surface area contributed by atoms with Crippen LogP contribution >= 0.6 is 31.9 Å². The second-order valence-corrected chi connectivity index (χ2v) is 6.18. The minimum Gasteiger partial charge on any atom is -0.506 e. The lowest BCUT2D eigenvalue weighted by molar-refractivity contribution is 0.0230. The van der Waals surface area contributed by atoms with Crippen molar-refractivity contribution in [3.05, 3.63) is 26.6 Å². The number of hydrogen-bond acceptors (Lipinski definition) is 3. The van der Waals surface area contributed by atoms with Gasteiger partial charge in [0.1, 0.15) is 5.75 Å². The van der Waals surface area contributed by atoms with E-state index in [2.05, 4.69) is 37.2 Å². The molecule has 0 atom stereocenters. The summed E-state index contributed by atoms with van der Waals surface area (Å²) in [5.41, 5.74) is 0.916. The van der Waals surface area contributed by atoms with Crippen LogP contribution in [0.4, 0.5) is 0 Å². The summed E-state index contributed by atoms with van der Waals surface area (Å²) in [4.78, 5) is 0. The number of hydrogen-bond donors (Lipinski definition) is 2. The number of ether oxygens (including phenoxy) is 1. The maximum Gasteiger partial charge on any atom is 0.143 e. The molecule has 0 bridgehead atoms. The van der Waals surface area contributed by atoms with Gasteiger partial charge in [-0.05, 0) is 63.4 Å². The highest BCUT2D eigenvalue weighted by molar-refractivity contribution is 9.11. The summed E-state index contributed by atoms with van der Waals surface area (Å²) < 4.78 is 6.70. The number of methoxy groups -OCH3 is 1. The summed E-state index contributed by atoms with van der Waals surface area (Å²) in [6, 6.07) is 3.79. The zero-order valence-electron chi connectivity index (χ0n) is 10.2. The van der Waals surface area contributed by atoms with Crippen molar-refractivity contribution in [2.24, 2.45) is 0 Å². The van der Waals surface area contributed by atoms with Crippen molar-refractivity contribution in [2.75, 3.05) is 13.7 Å². The first kappa shape index (κ1) is 15.0. The molecule has 0 heterocycles. The third kappa shape index (κ3) is 4.58. The molecule has 0 radical (unpaired) electrons. The maximum atomic E-state index is 9.59. The number of benzene rings is 1. The zero-order valence-corrected chi connectivity index (χ0v) is 13.4. The zero-order chi connectivity index (χ0) is 13.1. The average Bonchev–Trinajstić information content (AvgIpc) is 2.25. The Balaban J connectivity index is 2.59. The third-order valence-electron chi connectivity index (χ3n) is 2.51. The minimum atomic E-state index is -0.175. The first-order valence-corrected chi connectivity index (χ1v) is 6.87. The Labute approximate surface area is 119 Å². The van der Waals surface area contributed by atoms with Crippen LogP contribution in [0.2, 0.25) is 0 Å². The molecule has 1 rings (SSSR count). The maximum absolute atomic E-state index is 9.59. The number of aromatic hydroxyl groups is 1. The predicted molar refractivity (Wildman–Crippen MR) is 76.3 cm³/mol. The van der Waals surface area contributed by atoms with Gasteiger partial charge in [0.2, 0.25) is 0 Å². The molecule has 0 aromatic heterocycles.